The Hall–Kier alpha value is -5.06. The van der Waals surface area contributed by atoms with Gasteiger partial charge < -0.3 is 10.2 Å². The molecule has 1 atom stereocenters. The lowest BCUT2D eigenvalue weighted by Gasteiger charge is -2.18. The van der Waals surface area contributed by atoms with E-state index in [1.54, 1.807) is 19.1 Å². The quantitative estimate of drug-likeness (QED) is 0.304. The molecule has 194 valence electrons. The van der Waals surface area contributed by atoms with E-state index in [1.807, 2.05) is 42.5 Å². The molecular formula is C28H19F3N6O2. The number of nitrogens with zero attached hydrogens (tertiary/aromatic N) is 5. The van der Waals surface area contributed by atoms with Crippen LogP contribution < -0.4 is 11.4 Å². The fourth-order valence-electron chi connectivity index (χ4n) is 4.72. The number of fused-ring (bicyclic) bond motifs is 2. The first-order chi connectivity index (χ1) is 18.7. The second kappa shape index (κ2) is 9.05. The van der Waals surface area contributed by atoms with Crippen molar-refractivity contribution in [3.63, 3.8) is 0 Å². The van der Waals surface area contributed by atoms with Crippen molar-refractivity contribution in [3.05, 3.63) is 101 Å². The highest BCUT2D eigenvalue weighted by atomic mass is 19.4. The molecule has 0 saturated carbocycles. The van der Waals surface area contributed by atoms with Crippen molar-refractivity contribution in [2.75, 3.05) is 5.73 Å². The van der Waals surface area contributed by atoms with Gasteiger partial charge in [0.25, 0.3) is 0 Å². The van der Waals surface area contributed by atoms with Gasteiger partial charge in [-0.2, -0.15) is 18.3 Å². The summed E-state index contributed by atoms with van der Waals surface area (Å²) in [7, 11) is 0. The molecule has 0 bridgehead atoms. The molecular weight excluding hydrogens is 509 g/mol. The molecule has 2 aromatic carbocycles. The smallest absolute Gasteiger partial charge is 0.417 e. The molecule has 4 heterocycles. The number of aromatic nitrogens is 5. The number of halogens is 3. The molecule has 0 aliphatic rings. The number of benzene rings is 2. The molecule has 0 fully saturated rings. The van der Waals surface area contributed by atoms with Crippen LogP contribution in [0.5, 0.6) is 0 Å². The summed E-state index contributed by atoms with van der Waals surface area (Å²) >= 11 is 0. The Labute approximate surface area is 218 Å². The molecule has 0 amide bonds. The van der Waals surface area contributed by atoms with Gasteiger partial charge in [0.2, 0.25) is 0 Å². The summed E-state index contributed by atoms with van der Waals surface area (Å²) in [5, 5.41) is 5.99. The van der Waals surface area contributed by atoms with E-state index in [0.29, 0.717) is 22.1 Å². The largest absolute Gasteiger partial charge is 0.424 e. The Kier molecular flexibility index (Phi) is 5.63. The molecule has 4 aromatic heterocycles. The number of nitrogens with two attached hydrogens (primary N) is 1. The fraction of sp³-hybridized carbons (Fsp3) is 0.107. The highest BCUT2D eigenvalue weighted by Gasteiger charge is 2.32. The van der Waals surface area contributed by atoms with Crippen molar-refractivity contribution in [2.24, 2.45) is 0 Å². The molecule has 0 aliphatic carbocycles. The summed E-state index contributed by atoms with van der Waals surface area (Å²) in [5.74, 6) is 0.342. The molecule has 8 nitrogen and oxygen atoms in total. The van der Waals surface area contributed by atoms with E-state index >= 15 is 0 Å². The molecule has 6 rings (SSSR count). The minimum absolute atomic E-state index is 0.0362. The van der Waals surface area contributed by atoms with Crippen LogP contribution in [-0.4, -0.2) is 24.7 Å². The van der Waals surface area contributed by atoms with E-state index < -0.39 is 23.4 Å². The van der Waals surface area contributed by atoms with Crippen molar-refractivity contribution in [1.29, 1.82) is 0 Å². The van der Waals surface area contributed by atoms with Crippen molar-refractivity contribution >= 4 is 27.6 Å². The number of alkyl halides is 3. The summed E-state index contributed by atoms with van der Waals surface area (Å²) < 4.78 is 47.7. The lowest BCUT2D eigenvalue weighted by Crippen LogP contribution is -2.14. The van der Waals surface area contributed by atoms with Crippen molar-refractivity contribution in [2.45, 2.75) is 19.1 Å². The zero-order chi connectivity index (χ0) is 27.3. The van der Waals surface area contributed by atoms with Gasteiger partial charge in [0.15, 0.2) is 5.65 Å². The fourth-order valence-corrected chi connectivity index (χ4v) is 4.72. The second-order valence-electron chi connectivity index (χ2n) is 8.93. The van der Waals surface area contributed by atoms with E-state index in [4.69, 9.17) is 10.2 Å². The second-order valence-corrected chi connectivity index (χ2v) is 8.93. The minimum Gasteiger partial charge on any atom is -0.424 e. The van der Waals surface area contributed by atoms with Crippen molar-refractivity contribution < 1.29 is 17.6 Å². The van der Waals surface area contributed by atoms with E-state index in [2.05, 4.69) is 20.1 Å². The number of hydrogen-bond donors (Lipinski definition) is 1. The lowest BCUT2D eigenvalue weighted by atomic mass is 9.96. The first-order valence-corrected chi connectivity index (χ1v) is 11.9. The van der Waals surface area contributed by atoms with Gasteiger partial charge in [-0.3, -0.25) is 4.98 Å². The maximum Gasteiger partial charge on any atom is 0.417 e. The number of rotatable bonds is 4. The molecule has 39 heavy (non-hydrogen) atoms. The third kappa shape index (κ3) is 4.08. The standard InChI is InChI=1S/C28H19F3N6O2/c1-15(24-21(16-7-3-2-4-8-16)19-9-5-6-10-20(19)27(38)39-24)37-26-22(25(32)34-14-35-26)23(36-37)17-11-18(13-33-12-17)28(29,30)31/h2-15H,1H3,(H2,32,34,35). The molecule has 6 aromatic rings. The maximum absolute atomic E-state index is 13.4. The van der Waals surface area contributed by atoms with Crippen LogP contribution in [0.3, 0.4) is 0 Å². The summed E-state index contributed by atoms with van der Waals surface area (Å²) in [5.41, 5.74) is 6.68. The Morgan fingerprint density at radius 3 is 2.41 bits per heavy atom. The Morgan fingerprint density at radius 1 is 0.949 bits per heavy atom. The van der Waals surface area contributed by atoms with Crippen LogP contribution in [0.4, 0.5) is 19.0 Å². The zero-order valence-electron chi connectivity index (χ0n) is 20.3. The summed E-state index contributed by atoms with van der Waals surface area (Å²) in [6, 6.07) is 16.8. The predicted octanol–water partition coefficient (Wildman–Crippen LogP) is 5.87. The van der Waals surface area contributed by atoms with Crippen LogP contribution in [0, 0.1) is 0 Å². The lowest BCUT2D eigenvalue weighted by molar-refractivity contribution is -0.137. The molecule has 0 saturated heterocycles. The van der Waals surface area contributed by atoms with Crippen LogP contribution in [0.15, 0.2) is 88.6 Å². The van der Waals surface area contributed by atoms with E-state index in [-0.39, 0.29) is 28.1 Å². The monoisotopic (exact) mass is 528 g/mol. The van der Waals surface area contributed by atoms with E-state index in [9.17, 15) is 18.0 Å². The third-order valence-electron chi connectivity index (χ3n) is 6.53. The zero-order valence-corrected chi connectivity index (χ0v) is 20.3. The Morgan fingerprint density at radius 2 is 1.67 bits per heavy atom. The Bertz CT molecular complexity index is 1920. The van der Waals surface area contributed by atoms with E-state index in [0.717, 1.165) is 17.8 Å². The summed E-state index contributed by atoms with van der Waals surface area (Å²) in [6.07, 6.45) is -1.35. The molecule has 11 heteroatoms. The van der Waals surface area contributed by atoms with Gasteiger partial charge in [0.1, 0.15) is 29.6 Å². The molecule has 1 unspecified atom stereocenters. The first-order valence-electron chi connectivity index (χ1n) is 11.9. The van der Waals surface area contributed by atoms with Crippen LogP contribution in [-0.2, 0) is 6.18 Å². The predicted molar refractivity (Wildman–Crippen MR) is 140 cm³/mol. The van der Waals surface area contributed by atoms with E-state index in [1.165, 1.54) is 17.2 Å². The van der Waals surface area contributed by atoms with Gasteiger partial charge in [0.05, 0.1) is 16.3 Å². The molecule has 2 N–H and O–H groups in total. The number of pyridine rings is 1. The molecule has 0 radical (unpaired) electrons. The number of anilines is 1. The normalized spacial score (nSPS) is 12.7. The average molecular weight is 528 g/mol. The number of hydrogen-bond acceptors (Lipinski definition) is 7. The first kappa shape index (κ1) is 24.3. The SMILES string of the molecule is CC(c1oc(=O)c2ccccc2c1-c1ccccc1)n1nc(-c2cncc(C(F)(F)F)c2)c2c(N)ncnc21. The third-order valence-corrected chi connectivity index (χ3v) is 6.53. The highest BCUT2D eigenvalue weighted by Crippen LogP contribution is 2.39. The van der Waals surface area contributed by atoms with Crippen LogP contribution in [0.25, 0.3) is 44.2 Å². The van der Waals surface area contributed by atoms with Crippen LogP contribution in [0.2, 0.25) is 0 Å². The molecule has 0 spiro atoms. The average Bonchev–Trinajstić information content (AvgIpc) is 3.34. The van der Waals surface area contributed by atoms with Crippen molar-refractivity contribution in [3.8, 4) is 22.4 Å². The van der Waals surface area contributed by atoms with Gasteiger partial charge >= 0.3 is 11.8 Å². The minimum atomic E-state index is -4.60. The van der Waals surface area contributed by atoms with Gasteiger partial charge in [-0.05, 0) is 24.6 Å². The summed E-state index contributed by atoms with van der Waals surface area (Å²) in [6.45, 7) is 1.76. The Balaban J connectivity index is 1.62. The topological polar surface area (TPSA) is 113 Å². The van der Waals surface area contributed by atoms with Gasteiger partial charge in [0, 0.05) is 28.9 Å². The van der Waals surface area contributed by atoms with Crippen molar-refractivity contribution in [1.82, 2.24) is 24.7 Å². The molecule has 0 aliphatic heterocycles. The highest BCUT2D eigenvalue weighted by molar-refractivity contribution is 5.99. The van der Waals surface area contributed by atoms with Gasteiger partial charge in [-0.15, -0.1) is 0 Å². The van der Waals surface area contributed by atoms with Crippen LogP contribution >= 0.6 is 0 Å². The van der Waals surface area contributed by atoms with Crippen LogP contribution in [0.1, 0.15) is 24.3 Å². The number of nitrogen functional groups attached to an aromatic ring is 1. The van der Waals surface area contributed by atoms with Gasteiger partial charge in [-0.25, -0.2) is 19.4 Å². The summed E-state index contributed by atoms with van der Waals surface area (Å²) in [4.78, 5) is 25.2. The van der Waals surface area contributed by atoms with Gasteiger partial charge in [-0.1, -0.05) is 48.5 Å². The maximum atomic E-state index is 13.4.